The number of nitrogens with two attached hydrogens (primary N) is 1. The van der Waals surface area contributed by atoms with E-state index in [0.717, 1.165) is 18.9 Å². The number of hydrogen-bond acceptors (Lipinski definition) is 2. The molecule has 1 heterocycles. The summed E-state index contributed by atoms with van der Waals surface area (Å²) in [5.41, 5.74) is 7.44. The van der Waals surface area contributed by atoms with Gasteiger partial charge in [-0.25, -0.2) is 4.98 Å². The maximum atomic E-state index is 6.23. The Hall–Kier alpha value is -0.830. The van der Waals surface area contributed by atoms with Crippen LogP contribution in [0.25, 0.3) is 0 Å². The molecule has 1 aliphatic rings. The highest BCUT2D eigenvalue weighted by molar-refractivity contribution is 5.04. The van der Waals surface area contributed by atoms with Gasteiger partial charge in [0.25, 0.3) is 0 Å². The SMILES string of the molecule is CC(C)CC(N)c1cncn1CCC1CCC1. The summed E-state index contributed by atoms with van der Waals surface area (Å²) >= 11 is 0. The lowest BCUT2D eigenvalue weighted by atomic mass is 9.83. The Morgan fingerprint density at radius 1 is 1.47 bits per heavy atom. The largest absolute Gasteiger partial charge is 0.333 e. The molecule has 3 heteroatoms. The lowest BCUT2D eigenvalue weighted by molar-refractivity contribution is 0.280. The third kappa shape index (κ3) is 3.32. The van der Waals surface area contributed by atoms with Gasteiger partial charge in [0.1, 0.15) is 0 Å². The molecule has 0 saturated heterocycles. The first kappa shape index (κ1) is 12.6. The Bertz CT molecular complexity index is 339. The van der Waals surface area contributed by atoms with Crippen LogP contribution in [0.1, 0.15) is 57.7 Å². The van der Waals surface area contributed by atoms with Crippen LogP contribution in [-0.2, 0) is 6.54 Å². The minimum absolute atomic E-state index is 0.138. The van der Waals surface area contributed by atoms with Crippen molar-refractivity contribution in [2.24, 2.45) is 17.6 Å². The summed E-state index contributed by atoms with van der Waals surface area (Å²) in [5.74, 6) is 1.59. The van der Waals surface area contributed by atoms with Crippen molar-refractivity contribution in [2.45, 2.75) is 58.5 Å². The van der Waals surface area contributed by atoms with E-state index in [1.807, 2.05) is 12.5 Å². The van der Waals surface area contributed by atoms with Crippen LogP contribution in [0.4, 0.5) is 0 Å². The van der Waals surface area contributed by atoms with Gasteiger partial charge in [-0.15, -0.1) is 0 Å². The zero-order valence-electron chi connectivity index (χ0n) is 11.1. The summed E-state index contributed by atoms with van der Waals surface area (Å²) in [5, 5.41) is 0. The normalized spacial score (nSPS) is 18.4. The Morgan fingerprint density at radius 2 is 2.24 bits per heavy atom. The molecule has 0 bridgehead atoms. The molecule has 1 fully saturated rings. The van der Waals surface area contributed by atoms with Crippen molar-refractivity contribution in [3.63, 3.8) is 0 Å². The molecule has 0 amide bonds. The minimum Gasteiger partial charge on any atom is -0.333 e. The van der Waals surface area contributed by atoms with E-state index >= 15 is 0 Å². The first-order valence-corrected chi connectivity index (χ1v) is 6.92. The molecule has 2 rings (SSSR count). The molecule has 0 radical (unpaired) electrons. The average molecular weight is 235 g/mol. The van der Waals surface area contributed by atoms with E-state index < -0.39 is 0 Å². The Balaban J connectivity index is 1.90. The Labute approximate surface area is 104 Å². The predicted octanol–water partition coefficient (Wildman–Crippen LogP) is 3.12. The molecule has 2 N–H and O–H groups in total. The molecular formula is C14H25N3. The number of imidazole rings is 1. The fourth-order valence-corrected chi connectivity index (χ4v) is 2.56. The molecule has 0 aromatic carbocycles. The first-order chi connectivity index (χ1) is 8.16. The van der Waals surface area contributed by atoms with E-state index in [1.165, 1.54) is 31.4 Å². The highest BCUT2D eigenvalue weighted by atomic mass is 15.1. The van der Waals surface area contributed by atoms with Gasteiger partial charge in [0.05, 0.1) is 12.0 Å². The van der Waals surface area contributed by atoms with Crippen LogP contribution in [0.3, 0.4) is 0 Å². The number of aryl methyl sites for hydroxylation is 1. The summed E-state index contributed by atoms with van der Waals surface area (Å²) in [6.45, 7) is 5.52. The van der Waals surface area contributed by atoms with Crippen LogP contribution >= 0.6 is 0 Å². The van der Waals surface area contributed by atoms with E-state index in [2.05, 4.69) is 23.4 Å². The van der Waals surface area contributed by atoms with E-state index in [0.29, 0.717) is 5.92 Å². The van der Waals surface area contributed by atoms with Crippen molar-refractivity contribution in [1.82, 2.24) is 9.55 Å². The molecule has 1 aromatic heterocycles. The van der Waals surface area contributed by atoms with Crippen molar-refractivity contribution in [2.75, 3.05) is 0 Å². The standard InChI is InChI=1S/C14H25N3/c1-11(2)8-13(15)14-9-16-10-17(14)7-6-12-4-3-5-12/h9-13H,3-8,15H2,1-2H3. The van der Waals surface area contributed by atoms with E-state index in [4.69, 9.17) is 5.73 Å². The molecule has 96 valence electrons. The number of aromatic nitrogens is 2. The lowest BCUT2D eigenvalue weighted by Gasteiger charge is -2.26. The van der Waals surface area contributed by atoms with Crippen molar-refractivity contribution < 1.29 is 0 Å². The van der Waals surface area contributed by atoms with Gasteiger partial charge in [0.2, 0.25) is 0 Å². The van der Waals surface area contributed by atoms with Gasteiger partial charge < -0.3 is 10.3 Å². The van der Waals surface area contributed by atoms with Gasteiger partial charge in [0, 0.05) is 18.8 Å². The number of rotatable bonds is 6. The summed E-state index contributed by atoms with van der Waals surface area (Å²) in [4.78, 5) is 4.26. The van der Waals surface area contributed by atoms with Gasteiger partial charge in [-0.1, -0.05) is 33.1 Å². The second kappa shape index (κ2) is 5.67. The molecule has 0 spiro atoms. The maximum absolute atomic E-state index is 6.23. The molecule has 17 heavy (non-hydrogen) atoms. The van der Waals surface area contributed by atoms with Crippen molar-refractivity contribution in [3.8, 4) is 0 Å². The molecule has 1 aromatic rings. The minimum atomic E-state index is 0.138. The number of nitrogens with zero attached hydrogens (tertiary/aromatic N) is 2. The highest BCUT2D eigenvalue weighted by Crippen LogP contribution is 2.30. The van der Waals surface area contributed by atoms with E-state index in [1.54, 1.807) is 0 Å². The van der Waals surface area contributed by atoms with Gasteiger partial charge in [-0.05, 0) is 24.7 Å². The van der Waals surface area contributed by atoms with Gasteiger partial charge >= 0.3 is 0 Å². The molecule has 1 aliphatic carbocycles. The van der Waals surface area contributed by atoms with Crippen LogP contribution in [-0.4, -0.2) is 9.55 Å². The zero-order valence-corrected chi connectivity index (χ0v) is 11.1. The quantitative estimate of drug-likeness (QED) is 0.823. The Kier molecular flexibility index (Phi) is 4.21. The third-order valence-corrected chi connectivity index (χ3v) is 3.85. The fraction of sp³-hybridized carbons (Fsp3) is 0.786. The van der Waals surface area contributed by atoms with Crippen LogP contribution in [0.2, 0.25) is 0 Å². The van der Waals surface area contributed by atoms with Crippen molar-refractivity contribution in [3.05, 3.63) is 18.2 Å². The fourth-order valence-electron chi connectivity index (χ4n) is 2.56. The summed E-state index contributed by atoms with van der Waals surface area (Å²) in [6.07, 6.45) is 10.5. The zero-order chi connectivity index (χ0) is 12.3. The Morgan fingerprint density at radius 3 is 2.82 bits per heavy atom. The van der Waals surface area contributed by atoms with Crippen molar-refractivity contribution in [1.29, 1.82) is 0 Å². The summed E-state index contributed by atoms with van der Waals surface area (Å²) in [6, 6.07) is 0.138. The topological polar surface area (TPSA) is 43.8 Å². The number of hydrogen-bond donors (Lipinski definition) is 1. The second-order valence-electron chi connectivity index (χ2n) is 5.83. The smallest absolute Gasteiger partial charge is 0.0948 e. The van der Waals surface area contributed by atoms with E-state index in [9.17, 15) is 0 Å². The monoisotopic (exact) mass is 235 g/mol. The van der Waals surface area contributed by atoms with Crippen LogP contribution < -0.4 is 5.73 Å². The predicted molar refractivity (Wildman–Crippen MR) is 70.6 cm³/mol. The lowest BCUT2D eigenvalue weighted by Crippen LogP contribution is -2.19. The van der Waals surface area contributed by atoms with E-state index in [-0.39, 0.29) is 6.04 Å². The molecule has 1 saturated carbocycles. The van der Waals surface area contributed by atoms with Gasteiger partial charge in [-0.2, -0.15) is 0 Å². The van der Waals surface area contributed by atoms with Crippen LogP contribution in [0.5, 0.6) is 0 Å². The van der Waals surface area contributed by atoms with Crippen LogP contribution in [0, 0.1) is 11.8 Å². The van der Waals surface area contributed by atoms with Crippen molar-refractivity contribution >= 4 is 0 Å². The third-order valence-electron chi connectivity index (χ3n) is 3.85. The molecule has 3 nitrogen and oxygen atoms in total. The summed E-state index contributed by atoms with van der Waals surface area (Å²) < 4.78 is 2.26. The van der Waals surface area contributed by atoms with Crippen LogP contribution in [0.15, 0.2) is 12.5 Å². The molecular weight excluding hydrogens is 210 g/mol. The second-order valence-corrected chi connectivity index (χ2v) is 5.83. The highest BCUT2D eigenvalue weighted by Gasteiger charge is 2.18. The molecule has 0 aliphatic heterocycles. The maximum Gasteiger partial charge on any atom is 0.0948 e. The van der Waals surface area contributed by atoms with Gasteiger partial charge in [-0.3, -0.25) is 0 Å². The first-order valence-electron chi connectivity index (χ1n) is 6.92. The molecule has 1 unspecified atom stereocenters. The average Bonchev–Trinajstić information content (AvgIpc) is 2.62. The van der Waals surface area contributed by atoms with Gasteiger partial charge in [0.15, 0.2) is 0 Å². The molecule has 1 atom stereocenters. The summed E-state index contributed by atoms with van der Waals surface area (Å²) in [7, 11) is 0.